The molecule has 1 aromatic carbocycles. The Bertz CT molecular complexity index is 794. The first-order chi connectivity index (χ1) is 13.3. The van der Waals surface area contributed by atoms with Crippen molar-refractivity contribution in [3.8, 4) is 5.75 Å². The average Bonchev–Trinajstić information content (AvgIpc) is 2.64. The number of benzene rings is 1. The van der Waals surface area contributed by atoms with Crippen LogP contribution in [0.2, 0.25) is 0 Å². The van der Waals surface area contributed by atoms with Gasteiger partial charge in [0.2, 0.25) is 0 Å². The quantitative estimate of drug-likeness (QED) is 0.822. The lowest BCUT2D eigenvalue weighted by molar-refractivity contribution is 0.0126. The number of nitrogen functional groups attached to an aromatic ring is 1. The van der Waals surface area contributed by atoms with Gasteiger partial charge in [-0.1, -0.05) is 0 Å². The van der Waals surface area contributed by atoms with Crippen LogP contribution in [0, 0.1) is 0 Å². The Hall–Kier alpha value is -2.96. The molecule has 3 N–H and O–H groups in total. The molecule has 0 saturated carbocycles. The Morgan fingerprint density at radius 2 is 1.86 bits per heavy atom. The molecule has 2 heterocycles. The Morgan fingerprint density at radius 3 is 2.46 bits per heavy atom. The van der Waals surface area contributed by atoms with Crippen LogP contribution in [-0.2, 0) is 4.74 Å². The molecule has 1 aliphatic heterocycles. The summed E-state index contributed by atoms with van der Waals surface area (Å²) >= 11 is 0. The molecule has 1 amide bonds. The van der Waals surface area contributed by atoms with Crippen molar-refractivity contribution in [2.45, 2.75) is 45.3 Å². The molecule has 2 aromatic rings. The van der Waals surface area contributed by atoms with Crippen molar-refractivity contribution >= 4 is 23.3 Å². The predicted octanol–water partition coefficient (Wildman–Crippen LogP) is 4.19. The van der Waals surface area contributed by atoms with Gasteiger partial charge in [0, 0.05) is 37.8 Å². The van der Waals surface area contributed by atoms with Crippen LogP contribution in [0.3, 0.4) is 0 Å². The van der Waals surface area contributed by atoms with Crippen molar-refractivity contribution in [1.29, 1.82) is 0 Å². The second-order valence-electron chi connectivity index (χ2n) is 7.88. The highest BCUT2D eigenvalue weighted by atomic mass is 16.6. The van der Waals surface area contributed by atoms with Crippen molar-refractivity contribution in [3.05, 3.63) is 42.6 Å². The highest BCUT2D eigenvalue weighted by Gasteiger charge is 2.27. The number of likely N-dealkylation sites (tertiary alicyclic amines) is 1. The smallest absolute Gasteiger partial charge is 0.410 e. The molecular weight excluding hydrogens is 356 g/mol. The van der Waals surface area contributed by atoms with Crippen LogP contribution < -0.4 is 15.8 Å². The van der Waals surface area contributed by atoms with E-state index in [0.717, 1.165) is 24.3 Å². The molecular formula is C21H28N4O3. The molecule has 1 aliphatic rings. The van der Waals surface area contributed by atoms with E-state index in [1.54, 1.807) is 23.2 Å². The van der Waals surface area contributed by atoms with Gasteiger partial charge < -0.3 is 25.4 Å². The predicted molar refractivity (Wildman–Crippen MR) is 110 cm³/mol. The van der Waals surface area contributed by atoms with Gasteiger partial charge in [-0.05, 0) is 57.2 Å². The van der Waals surface area contributed by atoms with E-state index in [4.69, 9.17) is 15.2 Å². The molecule has 1 aromatic heterocycles. The van der Waals surface area contributed by atoms with Crippen LogP contribution in [0.25, 0.3) is 0 Å². The molecule has 0 aliphatic carbocycles. The monoisotopic (exact) mass is 384 g/mol. The molecule has 0 bridgehead atoms. The van der Waals surface area contributed by atoms with E-state index in [2.05, 4.69) is 10.3 Å². The lowest BCUT2D eigenvalue weighted by atomic mass is 10.1. The second kappa shape index (κ2) is 8.37. The topological polar surface area (TPSA) is 89.7 Å². The van der Waals surface area contributed by atoms with Crippen LogP contribution in [0.4, 0.5) is 22.0 Å². The van der Waals surface area contributed by atoms with E-state index in [-0.39, 0.29) is 12.2 Å². The molecule has 3 rings (SSSR count). The van der Waals surface area contributed by atoms with Crippen molar-refractivity contribution < 1.29 is 14.3 Å². The van der Waals surface area contributed by atoms with E-state index >= 15 is 0 Å². The third-order valence-electron chi connectivity index (χ3n) is 4.35. The Morgan fingerprint density at radius 1 is 1.18 bits per heavy atom. The number of aromatic nitrogens is 1. The van der Waals surface area contributed by atoms with Gasteiger partial charge in [-0.3, -0.25) is 0 Å². The summed E-state index contributed by atoms with van der Waals surface area (Å²) in [6.07, 6.45) is 3.09. The zero-order chi connectivity index (χ0) is 20.1. The first kappa shape index (κ1) is 19.8. The zero-order valence-corrected chi connectivity index (χ0v) is 16.6. The number of anilines is 3. The third-order valence-corrected chi connectivity index (χ3v) is 4.35. The number of hydrogen-bond donors (Lipinski definition) is 2. The van der Waals surface area contributed by atoms with Crippen molar-refractivity contribution in [2.24, 2.45) is 0 Å². The van der Waals surface area contributed by atoms with Crippen LogP contribution in [-0.4, -0.2) is 40.8 Å². The molecule has 28 heavy (non-hydrogen) atoms. The van der Waals surface area contributed by atoms with Crippen LogP contribution in [0.1, 0.15) is 33.6 Å². The largest absolute Gasteiger partial charge is 0.490 e. The first-order valence-corrected chi connectivity index (χ1v) is 9.52. The molecule has 0 radical (unpaired) electrons. The fourth-order valence-corrected chi connectivity index (χ4v) is 2.95. The summed E-state index contributed by atoms with van der Waals surface area (Å²) in [5.74, 6) is 1.43. The highest BCUT2D eigenvalue weighted by molar-refractivity contribution is 5.69. The minimum Gasteiger partial charge on any atom is -0.490 e. The van der Waals surface area contributed by atoms with E-state index in [1.165, 1.54) is 0 Å². The summed E-state index contributed by atoms with van der Waals surface area (Å²) in [5.41, 5.74) is 6.91. The number of nitrogens with two attached hydrogens (primary N) is 1. The Balaban J connectivity index is 1.49. The number of carbonyl (C=O) groups is 1. The molecule has 0 spiro atoms. The lowest BCUT2D eigenvalue weighted by Crippen LogP contribution is -2.44. The summed E-state index contributed by atoms with van der Waals surface area (Å²) in [5, 5.41) is 3.19. The average molecular weight is 384 g/mol. The molecule has 7 heteroatoms. The van der Waals surface area contributed by atoms with Gasteiger partial charge >= 0.3 is 6.09 Å². The number of rotatable bonds is 4. The number of nitrogens with zero attached hydrogens (tertiary/aromatic N) is 2. The summed E-state index contributed by atoms with van der Waals surface area (Å²) in [7, 11) is 0. The van der Waals surface area contributed by atoms with Gasteiger partial charge in [0.1, 0.15) is 17.5 Å². The van der Waals surface area contributed by atoms with Gasteiger partial charge in [-0.15, -0.1) is 0 Å². The van der Waals surface area contributed by atoms with Crippen LogP contribution in [0.5, 0.6) is 5.75 Å². The maximum absolute atomic E-state index is 12.1. The van der Waals surface area contributed by atoms with E-state index in [1.807, 2.05) is 45.0 Å². The van der Waals surface area contributed by atoms with Gasteiger partial charge in [0.25, 0.3) is 0 Å². The number of amides is 1. The lowest BCUT2D eigenvalue weighted by Gasteiger charge is -2.33. The number of piperidine rings is 1. The SMILES string of the molecule is CC(C)(C)OC(=O)N1CCC(Oc2ccc(Nc3ncccc3N)cc2)CC1. The Labute approximate surface area is 165 Å². The summed E-state index contributed by atoms with van der Waals surface area (Å²) in [6, 6.07) is 11.3. The number of carbonyl (C=O) groups excluding carboxylic acids is 1. The fraction of sp³-hybridized carbons (Fsp3) is 0.429. The number of ether oxygens (including phenoxy) is 2. The second-order valence-corrected chi connectivity index (χ2v) is 7.88. The van der Waals surface area contributed by atoms with Crippen molar-refractivity contribution in [1.82, 2.24) is 9.88 Å². The fourth-order valence-electron chi connectivity index (χ4n) is 2.95. The molecule has 150 valence electrons. The van der Waals surface area contributed by atoms with E-state index < -0.39 is 5.60 Å². The molecule has 0 unspecified atom stereocenters. The summed E-state index contributed by atoms with van der Waals surface area (Å²) < 4.78 is 11.5. The van der Waals surface area contributed by atoms with Gasteiger partial charge in [0.15, 0.2) is 5.82 Å². The normalized spacial score (nSPS) is 15.2. The summed E-state index contributed by atoms with van der Waals surface area (Å²) in [4.78, 5) is 18.1. The first-order valence-electron chi connectivity index (χ1n) is 9.52. The van der Waals surface area contributed by atoms with Crippen LogP contribution >= 0.6 is 0 Å². The minimum absolute atomic E-state index is 0.0870. The van der Waals surface area contributed by atoms with Gasteiger partial charge in [-0.2, -0.15) is 0 Å². The molecule has 0 atom stereocenters. The van der Waals surface area contributed by atoms with Crippen LogP contribution in [0.15, 0.2) is 42.6 Å². The molecule has 1 saturated heterocycles. The third kappa shape index (κ3) is 5.52. The highest BCUT2D eigenvalue weighted by Crippen LogP contribution is 2.24. The minimum atomic E-state index is -0.472. The number of pyridine rings is 1. The number of hydrogen-bond acceptors (Lipinski definition) is 6. The Kier molecular flexibility index (Phi) is 5.92. The maximum Gasteiger partial charge on any atom is 0.410 e. The molecule has 7 nitrogen and oxygen atoms in total. The van der Waals surface area contributed by atoms with Gasteiger partial charge in [0.05, 0.1) is 5.69 Å². The van der Waals surface area contributed by atoms with E-state index in [0.29, 0.717) is 24.6 Å². The number of nitrogens with one attached hydrogen (secondary N) is 1. The standard InChI is InChI=1S/C21H28N4O3/c1-21(2,3)28-20(26)25-13-10-17(11-14-25)27-16-8-6-15(7-9-16)24-19-18(22)5-4-12-23-19/h4-9,12,17H,10-11,13-14,22H2,1-3H3,(H,23,24). The van der Waals surface area contributed by atoms with Crippen molar-refractivity contribution in [3.63, 3.8) is 0 Å². The summed E-state index contributed by atoms with van der Waals surface area (Å²) in [6.45, 7) is 6.90. The van der Waals surface area contributed by atoms with Crippen molar-refractivity contribution in [2.75, 3.05) is 24.1 Å². The molecule has 1 fully saturated rings. The van der Waals surface area contributed by atoms with Gasteiger partial charge in [-0.25, -0.2) is 9.78 Å². The zero-order valence-electron chi connectivity index (χ0n) is 16.6. The van der Waals surface area contributed by atoms with E-state index in [9.17, 15) is 4.79 Å². The maximum atomic E-state index is 12.1.